The van der Waals surface area contributed by atoms with Crippen LogP contribution in [0.25, 0.3) is 0 Å². The molecule has 2 atom stereocenters. The van der Waals surface area contributed by atoms with Crippen molar-refractivity contribution in [3.8, 4) is 0 Å². The minimum Gasteiger partial charge on any atom is -0.435 e. The zero-order chi connectivity index (χ0) is 18.7. The molecule has 0 spiro atoms. The Bertz CT molecular complexity index is 437. The van der Waals surface area contributed by atoms with Crippen molar-refractivity contribution in [3.63, 3.8) is 0 Å². The summed E-state index contributed by atoms with van der Waals surface area (Å²) in [5, 5.41) is 0. The van der Waals surface area contributed by atoms with Crippen molar-refractivity contribution < 1.29 is 23.8 Å². The molecule has 0 unspecified atom stereocenters. The van der Waals surface area contributed by atoms with Crippen molar-refractivity contribution in [1.82, 2.24) is 4.90 Å². The Morgan fingerprint density at radius 3 is 2.04 bits per heavy atom. The fourth-order valence-corrected chi connectivity index (χ4v) is 2.92. The van der Waals surface area contributed by atoms with Crippen molar-refractivity contribution in [2.45, 2.75) is 91.9 Å². The van der Waals surface area contributed by atoms with Gasteiger partial charge in [0.2, 0.25) is 0 Å². The monoisotopic (exact) mass is 343 g/mol. The van der Waals surface area contributed by atoms with Gasteiger partial charge in [0, 0.05) is 18.5 Å². The van der Waals surface area contributed by atoms with Gasteiger partial charge in [0.25, 0.3) is 0 Å². The summed E-state index contributed by atoms with van der Waals surface area (Å²) in [6.45, 7) is 15.4. The first kappa shape index (κ1) is 20.9. The molecule has 0 saturated carbocycles. The highest BCUT2D eigenvalue weighted by Gasteiger charge is 2.43. The molecule has 1 aliphatic rings. The van der Waals surface area contributed by atoms with E-state index in [1.54, 1.807) is 18.7 Å². The van der Waals surface area contributed by atoms with E-state index in [0.717, 1.165) is 0 Å². The molecule has 24 heavy (non-hydrogen) atoms. The van der Waals surface area contributed by atoms with Gasteiger partial charge in [0.15, 0.2) is 17.7 Å². The predicted octanol–water partition coefficient (Wildman–Crippen LogP) is 3.38. The standard InChI is InChI=1S/C18H33NO5/c1-11(2)9-14(20)16(15-10-22-18(7,8)24-15)23-17(21)19(12(3)4)13(5)6/h11-13,15-16H,9-10H2,1-8H3/t15-,16-/m1/s1. The number of nitrogens with zero attached hydrogens (tertiary/aromatic N) is 1. The van der Waals surface area contributed by atoms with Gasteiger partial charge >= 0.3 is 6.09 Å². The molecule has 1 aliphatic heterocycles. The van der Waals surface area contributed by atoms with Crippen LogP contribution >= 0.6 is 0 Å². The van der Waals surface area contributed by atoms with Crippen LogP contribution in [0.4, 0.5) is 4.79 Å². The van der Waals surface area contributed by atoms with Gasteiger partial charge in [-0.15, -0.1) is 0 Å². The lowest BCUT2D eigenvalue weighted by Gasteiger charge is -2.32. The van der Waals surface area contributed by atoms with Crippen molar-refractivity contribution >= 4 is 11.9 Å². The van der Waals surface area contributed by atoms with Gasteiger partial charge in [0.1, 0.15) is 6.10 Å². The molecule has 140 valence electrons. The summed E-state index contributed by atoms with van der Waals surface area (Å²) >= 11 is 0. The summed E-state index contributed by atoms with van der Waals surface area (Å²) in [7, 11) is 0. The fraction of sp³-hybridized carbons (Fsp3) is 0.889. The normalized spacial score (nSPS) is 21.4. The number of ketones is 1. The summed E-state index contributed by atoms with van der Waals surface area (Å²) < 4.78 is 16.9. The summed E-state index contributed by atoms with van der Waals surface area (Å²) in [6, 6.07) is -0.0360. The van der Waals surface area contributed by atoms with Gasteiger partial charge < -0.3 is 19.1 Å². The third kappa shape index (κ3) is 5.74. The second-order valence-electron chi connectivity index (χ2n) is 7.83. The van der Waals surface area contributed by atoms with Crippen LogP contribution in [0.3, 0.4) is 0 Å². The summed E-state index contributed by atoms with van der Waals surface area (Å²) in [5.74, 6) is -0.721. The average Bonchev–Trinajstić information content (AvgIpc) is 2.74. The second kappa shape index (κ2) is 8.30. The maximum absolute atomic E-state index is 12.6. The third-order valence-corrected chi connectivity index (χ3v) is 3.85. The zero-order valence-corrected chi connectivity index (χ0v) is 16.3. The molecule has 6 nitrogen and oxygen atoms in total. The molecule has 6 heteroatoms. The first-order valence-corrected chi connectivity index (χ1v) is 8.78. The summed E-state index contributed by atoms with van der Waals surface area (Å²) in [5.41, 5.74) is 0. The largest absolute Gasteiger partial charge is 0.435 e. The van der Waals surface area contributed by atoms with Crippen LogP contribution in [0, 0.1) is 5.92 Å². The quantitative estimate of drug-likeness (QED) is 0.709. The highest BCUT2D eigenvalue weighted by molar-refractivity contribution is 5.86. The highest BCUT2D eigenvalue weighted by atomic mass is 16.8. The van der Waals surface area contributed by atoms with E-state index in [1.165, 1.54) is 0 Å². The predicted molar refractivity (Wildman–Crippen MR) is 91.7 cm³/mol. The summed E-state index contributed by atoms with van der Waals surface area (Å²) in [6.07, 6.45) is -1.67. The maximum atomic E-state index is 12.6. The van der Waals surface area contributed by atoms with Gasteiger partial charge in [-0.25, -0.2) is 4.79 Å². The zero-order valence-electron chi connectivity index (χ0n) is 16.3. The molecule has 1 amide bonds. The Morgan fingerprint density at radius 1 is 1.12 bits per heavy atom. The number of Topliss-reactive ketones (excluding diaryl/α,β-unsaturated/α-hetero) is 1. The van der Waals surface area contributed by atoms with E-state index in [2.05, 4.69) is 0 Å². The van der Waals surface area contributed by atoms with E-state index < -0.39 is 24.1 Å². The van der Waals surface area contributed by atoms with Crippen molar-refractivity contribution in [1.29, 1.82) is 0 Å². The van der Waals surface area contributed by atoms with Gasteiger partial charge in [0.05, 0.1) is 6.61 Å². The van der Waals surface area contributed by atoms with Gasteiger partial charge in [-0.2, -0.15) is 0 Å². The Hall–Kier alpha value is -1.14. The van der Waals surface area contributed by atoms with Crippen LogP contribution in [0.5, 0.6) is 0 Å². The van der Waals surface area contributed by atoms with E-state index in [1.807, 2.05) is 41.5 Å². The topological polar surface area (TPSA) is 65.1 Å². The van der Waals surface area contributed by atoms with E-state index in [4.69, 9.17) is 14.2 Å². The van der Waals surface area contributed by atoms with Crippen LogP contribution < -0.4 is 0 Å². The van der Waals surface area contributed by atoms with Crippen molar-refractivity contribution in [3.05, 3.63) is 0 Å². The van der Waals surface area contributed by atoms with Crippen LogP contribution in [0.15, 0.2) is 0 Å². The number of carbonyl (C=O) groups is 2. The van der Waals surface area contributed by atoms with Crippen LogP contribution in [-0.4, -0.2) is 53.5 Å². The number of carbonyl (C=O) groups excluding carboxylic acids is 2. The lowest BCUT2D eigenvalue weighted by atomic mass is 10.0. The molecule has 0 aromatic carbocycles. The summed E-state index contributed by atoms with van der Waals surface area (Å²) in [4.78, 5) is 26.8. The molecule has 0 bridgehead atoms. The minimum atomic E-state index is -0.943. The first-order chi connectivity index (χ1) is 10.9. The lowest BCUT2D eigenvalue weighted by Crippen LogP contribution is -2.48. The molecule has 0 aliphatic carbocycles. The molecule has 0 aromatic rings. The molecular formula is C18H33NO5. The maximum Gasteiger partial charge on any atom is 0.411 e. The van der Waals surface area contributed by atoms with E-state index in [9.17, 15) is 9.59 Å². The molecule has 1 fully saturated rings. The van der Waals surface area contributed by atoms with Gasteiger partial charge in [-0.3, -0.25) is 4.79 Å². The minimum absolute atomic E-state index is 0.0180. The molecule has 0 radical (unpaired) electrons. The Kier molecular flexibility index (Phi) is 7.23. The molecule has 1 saturated heterocycles. The Balaban J connectivity index is 2.93. The third-order valence-electron chi connectivity index (χ3n) is 3.85. The van der Waals surface area contributed by atoms with Crippen LogP contribution in [-0.2, 0) is 19.0 Å². The number of amides is 1. The number of hydrogen-bond donors (Lipinski definition) is 0. The van der Waals surface area contributed by atoms with E-state index in [-0.39, 0.29) is 30.4 Å². The number of rotatable bonds is 7. The van der Waals surface area contributed by atoms with Crippen LogP contribution in [0.2, 0.25) is 0 Å². The molecule has 0 N–H and O–H groups in total. The number of hydrogen-bond acceptors (Lipinski definition) is 5. The highest BCUT2D eigenvalue weighted by Crippen LogP contribution is 2.27. The van der Waals surface area contributed by atoms with Gasteiger partial charge in [-0.1, -0.05) is 13.8 Å². The van der Waals surface area contributed by atoms with Crippen molar-refractivity contribution in [2.24, 2.45) is 5.92 Å². The molecule has 0 aromatic heterocycles. The van der Waals surface area contributed by atoms with Crippen LogP contribution in [0.1, 0.15) is 61.8 Å². The van der Waals surface area contributed by atoms with Crippen molar-refractivity contribution in [2.75, 3.05) is 6.61 Å². The van der Waals surface area contributed by atoms with Gasteiger partial charge in [-0.05, 0) is 47.5 Å². The molecule has 1 rings (SSSR count). The molecular weight excluding hydrogens is 310 g/mol. The SMILES string of the molecule is CC(C)CC(=O)[C@@H](OC(=O)N(C(C)C)C(C)C)[C@H]1COC(C)(C)O1. The Morgan fingerprint density at radius 2 is 1.67 bits per heavy atom. The van der Waals surface area contributed by atoms with E-state index >= 15 is 0 Å². The molecule has 1 heterocycles. The fourth-order valence-electron chi connectivity index (χ4n) is 2.92. The number of ether oxygens (including phenoxy) is 3. The first-order valence-electron chi connectivity index (χ1n) is 8.78. The smallest absolute Gasteiger partial charge is 0.411 e. The second-order valence-corrected chi connectivity index (χ2v) is 7.83. The average molecular weight is 343 g/mol. The lowest BCUT2D eigenvalue weighted by molar-refractivity contribution is -0.159. The Labute approximate surface area is 145 Å². The van der Waals surface area contributed by atoms with E-state index in [0.29, 0.717) is 6.42 Å².